The minimum atomic E-state index is -3.83. The number of rotatable bonds is 7. The molecule has 3 aromatic carbocycles. The Morgan fingerprint density at radius 2 is 1.52 bits per heavy atom. The van der Waals surface area contributed by atoms with Crippen molar-refractivity contribution in [2.45, 2.75) is 44.6 Å². The molecule has 0 aliphatic carbocycles. The topological polar surface area (TPSA) is 75.3 Å². The van der Waals surface area contributed by atoms with E-state index in [0.717, 1.165) is 40.4 Å². The van der Waals surface area contributed by atoms with Gasteiger partial charge in [-0.3, -0.25) is 4.79 Å². The predicted octanol–water partition coefficient (Wildman–Crippen LogP) is 4.27. The summed E-state index contributed by atoms with van der Waals surface area (Å²) in [4.78, 5) is 12.9. The summed E-state index contributed by atoms with van der Waals surface area (Å²) in [6.45, 7) is 5.60. The lowest BCUT2D eigenvalue weighted by atomic mass is 10.0. The highest BCUT2D eigenvalue weighted by molar-refractivity contribution is 7.89. The molecular weight excluding hydrogens is 384 g/mol. The standard InChI is InChI=1S/C23H26N2O3S/c1-4-17-11-8-12-18(5-2)22(17)24-23(26)16(3)25-29(27,28)21-14-13-19-9-6-7-10-20(19)15-21/h6-16,25H,4-5H2,1-3H3,(H,24,26)/t16-/m1/s1. The van der Waals surface area contributed by atoms with Crippen LogP contribution in [0.25, 0.3) is 10.8 Å². The third-order valence-electron chi connectivity index (χ3n) is 5.00. The number of amides is 1. The minimum Gasteiger partial charge on any atom is -0.324 e. The van der Waals surface area contributed by atoms with E-state index in [2.05, 4.69) is 10.0 Å². The van der Waals surface area contributed by atoms with Crippen molar-refractivity contribution in [2.24, 2.45) is 0 Å². The fourth-order valence-corrected chi connectivity index (χ4v) is 4.56. The maximum Gasteiger partial charge on any atom is 0.242 e. The number of carbonyl (C=O) groups excluding carboxylic acids is 1. The minimum absolute atomic E-state index is 0.138. The highest BCUT2D eigenvalue weighted by Gasteiger charge is 2.23. The lowest BCUT2D eigenvalue weighted by Gasteiger charge is -2.18. The van der Waals surface area contributed by atoms with Gasteiger partial charge in [0.2, 0.25) is 15.9 Å². The molecule has 1 amide bonds. The average Bonchev–Trinajstić information content (AvgIpc) is 2.73. The first-order valence-corrected chi connectivity index (χ1v) is 11.3. The molecule has 0 unspecified atom stereocenters. The summed E-state index contributed by atoms with van der Waals surface area (Å²) in [6.07, 6.45) is 1.56. The van der Waals surface area contributed by atoms with E-state index in [1.54, 1.807) is 25.1 Å². The molecule has 2 N–H and O–H groups in total. The number of para-hydroxylation sites is 1. The Balaban J connectivity index is 1.80. The van der Waals surface area contributed by atoms with Crippen LogP contribution in [-0.4, -0.2) is 20.4 Å². The van der Waals surface area contributed by atoms with Crippen molar-refractivity contribution in [2.75, 3.05) is 5.32 Å². The zero-order valence-electron chi connectivity index (χ0n) is 16.9. The quantitative estimate of drug-likeness (QED) is 0.611. The number of anilines is 1. The van der Waals surface area contributed by atoms with Crippen molar-refractivity contribution in [1.29, 1.82) is 0 Å². The number of hydrogen-bond acceptors (Lipinski definition) is 3. The van der Waals surface area contributed by atoms with Gasteiger partial charge in [0.25, 0.3) is 0 Å². The zero-order valence-corrected chi connectivity index (χ0v) is 17.7. The zero-order chi connectivity index (χ0) is 21.0. The molecule has 0 aliphatic rings. The second kappa shape index (κ2) is 8.76. The monoisotopic (exact) mass is 410 g/mol. The molecule has 6 heteroatoms. The molecule has 0 bridgehead atoms. The lowest BCUT2D eigenvalue weighted by molar-refractivity contribution is -0.117. The molecule has 0 fully saturated rings. The number of carbonyl (C=O) groups is 1. The second-order valence-electron chi connectivity index (χ2n) is 7.00. The summed E-state index contributed by atoms with van der Waals surface area (Å²) in [6, 6.07) is 17.5. The summed E-state index contributed by atoms with van der Waals surface area (Å²) in [5, 5.41) is 4.71. The summed E-state index contributed by atoms with van der Waals surface area (Å²) in [7, 11) is -3.83. The van der Waals surface area contributed by atoms with Gasteiger partial charge in [-0.2, -0.15) is 4.72 Å². The van der Waals surface area contributed by atoms with E-state index in [1.165, 1.54) is 0 Å². The fraction of sp³-hybridized carbons (Fsp3) is 0.261. The molecular formula is C23H26N2O3S. The second-order valence-corrected chi connectivity index (χ2v) is 8.71. The fourth-order valence-electron chi connectivity index (χ4n) is 3.32. The summed E-state index contributed by atoms with van der Waals surface area (Å²) in [5.41, 5.74) is 2.84. The first-order chi connectivity index (χ1) is 13.9. The number of sulfonamides is 1. The van der Waals surface area contributed by atoms with Crippen LogP contribution in [0.15, 0.2) is 65.6 Å². The molecule has 0 saturated carbocycles. The first-order valence-electron chi connectivity index (χ1n) is 9.78. The van der Waals surface area contributed by atoms with Crippen LogP contribution in [0.3, 0.4) is 0 Å². The van der Waals surface area contributed by atoms with E-state index in [1.807, 2.05) is 56.3 Å². The van der Waals surface area contributed by atoms with E-state index in [4.69, 9.17) is 0 Å². The molecule has 1 atom stereocenters. The molecule has 5 nitrogen and oxygen atoms in total. The van der Waals surface area contributed by atoms with Crippen LogP contribution in [0.5, 0.6) is 0 Å². The van der Waals surface area contributed by atoms with E-state index >= 15 is 0 Å². The maximum absolute atomic E-state index is 12.8. The molecule has 0 aromatic heterocycles. The maximum atomic E-state index is 12.8. The van der Waals surface area contributed by atoms with Gasteiger partial charge in [0.15, 0.2) is 0 Å². The van der Waals surface area contributed by atoms with Crippen LogP contribution in [0.1, 0.15) is 31.9 Å². The van der Waals surface area contributed by atoms with Gasteiger partial charge in [0.05, 0.1) is 10.9 Å². The molecule has 0 aliphatic heterocycles. The normalized spacial score (nSPS) is 12.7. The number of hydrogen-bond donors (Lipinski definition) is 2. The Morgan fingerprint density at radius 1 is 0.897 bits per heavy atom. The summed E-state index contributed by atoms with van der Waals surface area (Å²) in [5.74, 6) is -0.384. The molecule has 0 heterocycles. The number of fused-ring (bicyclic) bond motifs is 1. The van der Waals surface area contributed by atoms with Gasteiger partial charge in [-0.15, -0.1) is 0 Å². The van der Waals surface area contributed by atoms with E-state index in [9.17, 15) is 13.2 Å². The Morgan fingerprint density at radius 3 is 2.14 bits per heavy atom. The molecule has 29 heavy (non-hydrogen) atoms. The lowest BCUT2D eigenvalue weighted by Crippen LogP contribution is -2.41. The van der Waals surface area contributed by atoms with Gasteiger partial charge < -0.3 is 5.32 Å². The van der Waals surface area contributed by atoms with Gasteiger partial charge in [-0.25, -0.2) is 8.42 Å². The van der Waals surface area contributed by atoms with Crippen molar-refractivity contribution >= 4 is 32.4 Å². The Labute approximate surface area is 172 Å². The molecule has 0 saturated heterocycles. The highest BCUT2D eigenvalue weighted by Crippen LogP contribution is 2.23. The van der Waals surface area contributed by atoms with Crippen LogP contribution in [0.2, 0.25) is 0 Å². The number of benzene rings is 3. The largest absolute Gasteiger partial charge is 0.324 e. The van der Waals surface area contributed by atoms with Crippen LogP contribution < -0.4 is 10.0 Å². The molecule has 0 spiro atoms. The van der Waals surface area contributed by atoms with Gasteiger partial charge >= 0.3 is 0 Å². The first kappa shape index (κ1) is 21.0. The Bertz CT molecular complexity index is 1120. The van der Waals surface area contributed by atoms with Crippen LogP contribution >= 0.6 is 0 Å². The van der Waals surface area contributed by atoms with Crippen LogP contribution in [0.4, 0.5) is 5.69 Å². The van der Waals surface area contributed by atoms with Crippen LogP contribution in [0, 0.1) is 0 Å². The third kappa shape index (κ3) is 4.66. The molecule has 0 radical (unpaired) electrons. The SMILES string of the molecule is CCc1cccc(CC)c1NC(=O)[C@@H](C)NS(=O)(=O)c1ccc2ccccc2c1. The van der Waals surface area contributed by atoms with Gasteiger partial charge in [0.1, 0.15) is 0 Å². The van der Waals surface area contributed by atoms with Gasteiger partial charge in [0, 0.05) is 5.69 Å². The van der Waals surface area contributed by atoms with Crippen molar-refractivity contribution in [3.05, 3.63) is 71.8 Å². The smallest absolute Gasteiger partial charge is 0.242 e. The van der Waals surface area contributed by atoms with Crippen molar-refractivity contribution in [3.8, 4) is 0 Å². The van der Waals surface area contributed by atoms with E-state index in [-0.39, 0.29) is 10.8 Å². The number of nitrogens with one attached hydrogen (secondary N) is 2. The van der Waals surface area contributed by atoms with Crippen molar-refractivity contribution in [3.63, 3.8) is 0 Å². The summed E-state index contributed by atoms with van der Waals surface area (Å²) < 4.78 is 28.1. The van der Waals surface area contributed by atoms with Crippen molar-refractivity contribution in [1.82, 2.24) is 4.72 Å². The predicted molar refractivity (Wildman–Crippen MR) is 118 cm³/mol. The third-order valence-corrected chi connectivity index (χ3v) is 6.54. The average molecular weight is 411 g/mol. The van der Waals surface area contributed by atoms with Crippen LogP contribution in [-0.2, 0) is 27.7 Å². The highest BCUT2D eigenvalue weighted by atomic mass is 32.2. The van der Waals surface area contributed by atoms with Gasteiger partial charge in [-0.1, -0.05) is 62.4 Å². The molecule has 3 rings (SSSR count). The van der Waals surface area contributed by atoms with E-state index < -0.39 is 16.1 Å². The Kier molecular flexibility index (Phi) is 6.35. The van der Waals surface area contributed by atoms with E-state index in [0.29, 0.717) is 0 Å². The molecule has 3 aromatic rings. The molecule has 152 valence electrons. The van der Waals surface area contributed by atoms with Gasteiger partial charge in [-0.05, 0) is 53.8 Å². The number of aryl methyl sites for hydroxylation is 2. The Hall–Kier alpha value is -2.70. The summed E-state index contributed by atoms with van der Waals surface area (Å²) >= 11 is 0. The van der Waals surface area contributed by atoms with Crippen molar-refractivity contribution < 1.29 is 13.2 Å².